The van der Waals surface area contributed by atoms with Gasteiger partial charge in [0, 0.05) is 6.07 Å². The molecule has 0 bridgehead atoms. The minimum Gasteiger partial charge on any atom is -0.504 e. The van der Waals surface area contributed by atoms with E-state index < -0.39 is 27.9 Å². The number of carbonyl (C=O) groups excluding carboxylic acids is 1. The Hall–Kier alpha value is -4.19. The van der Waals surface area contributed by atoms with Gasteiger partial charge < -0.3 is 15.2 Å². The summed E-state index contributed by atoms with van der Waals surface area (Å²) in [6.07, 6.45) is 1.07. The number of phenols is 2. The van der Waals surface area contributed by atoms with Gasteiger partial charge in [0.1, 0.15) is 11.6 Å². The maximum atomic E-state index is 12.5. The first-order chi connectivity index (χ1) is 12.4. The third kappa shape index (κ3) is 2.94. The maximum Gasteiger partial charge on any atom is 0.315 e. The van der Waals surface area contributed by atoms with E-state index in [1.807, 2.05) is 0 Å². The Balaban J connectivity index is 2.04. The summed E-state index contributed by atoms with van der Waals surface area (Å²) in [6.45, 7) is 0. The van der Waals surface area contributed by atoms with E-state index in [-0.39, 0.29) is 17.0 Å². The molecular weight excluding hydrogens is 340 g/mol. The number of aromatic nitrogens is 2. The molecule has 2 aromatic carbocycles. The fraction of sp³-hybridized carbons (Fsp3) is 0. The highest BCUT2D eigenvalue weighted by Gasteiger charge is 2.20. The van der Waals surface area contributed by atoms with Crippen molar-refractivity contribution in [1.29, 1.82) is 5.26 Å². The van der Waals surface area contributed by atoms with Crippen LogP contribution in [0.2, 0.25) is 0 Å². The number of Topliss-reactive ketones (excluding diaryl/α,β-unsaturated/α-hetero) is 1. The lowest BCUT2D eigenvalue weighted by Gasteiger charge is -2.02. The number of nitriles is 1. The second-order valence-electron chi connectivity index (χ2n) is 5.27. The first-order valence-corrected chi connectivity index (χ1v) is 7.22. The molecular formula is C17H10N4O5. The monoisotopic (exact) mass is 350 g/mol. The first-order valence-electron chi connectivity index (χ1n) is 7.22. The van der Waals surface area contributed by atoms with Gasteiger partial charge in [0.2, 0.25) is 11.5 Å². The molecule has 128 valence electrons. The van der Waals surface area contributed by atoms with Crippen molar-refractivity contribution in [3.05, 3.63) is 63.5 Å². The van der Waals surface area contributed by atoms with E-state index in [1.165, 1.54) is 0 Å². The number of nitrogens with zero attached hydrogens (tertiary/aromatic N) is 3. The average molecular weight is 350 g/mol. The fourth-order valence-electron chi connectivity index (χ4n) is 2.35. The van der Waals surface area contributed by atoms with Crippen LogP contribution < -0.4 is 0 Å². The number of ketones is 1. The van der Waals surface area contributed by atoms with E-state index >= 15 is 0 Å². The van der Waals surface area contributed by atoms with E-state index in [1.54, 1.807) is 30.3 Å². The number of allylic oxidation sites excluding steroid dienone is 1. The number of benzene rings is 2. The Labute approximate surface area is 145 Å². The second-order valence-corrected chi connectivity index (χ2v) is 5.27. The van der Waals surface area contributed by atoms with Gasteiger partial charge in [-0.2, -0.15) is 5.26 Å². The van der Waals surface area contributed by atoms with E-state index in [9.17, 15) is 30.4 Å². The number of nitro groups is 1. The number of nitro benzene ring substituents is 1. The van der Waals surface area contributed by atoms with Gasteiger partial charge in [0.05, 0.1) is 16.0 Å². The lowest BCUT2D eigenvalue weighted by Crippen LogP contribution is -2.04. The molecule has 9 heteroatoms. The van der Waals surface area contributed by atoms with Crippen molar-refractivity contribution >= 4 is 28.6 Å². The Bertz CT molecular complexity index is 1090. The van der Waals surface area contributed by atoms with Gasteiger partial charge in [-0.25, -0.2) is 4.98 Å². The SMILES string of the molecule is N#C/C(=C\c1cc(O)c(O)c([N+](=O)[O-])c1)C(=O)c1nc2ccccc2[nH]1. The minimum atomic E-state index is -0.894. The average Bonchev–Trinajstić information content (AvgIpc) is 3.05. The summed E-state index contributed by atoms with van der Waals surface area (Å²) in [7, 11) is 0. The number of fused-ring (bicyclic) bond motifs is 1. The topological polar surface area (TPSA) is 153 Å². The molecule has 3 N–H and O–H groups in total. The molecule has 1 aromatic heterocycles. The zero-order valence-electron chi connectivity index (χ0n) is 13.0. The summed E-state index contributed by atoms with van der Waals surface area (Å²) >= 11 is 0. The summed E-state index contributed by atoms with van der Waals surface area (Å²) in [6, 6.07) is 10.6. The molecule has 9 nitrogen and oxygen atoms in total. The van der Waals surface area contributed by atoms with Crippen molar-refractivity contribution in [3.63, 3.8) is 0 Å². The third-order valence-corrected chi connectivity index (χ3v) is 3.57. The largest absolute Gasteiger partial charge is 0.504 e. The fourth-order valence-corrected chi connectivity index (χ4v) is 2.35. The smallest absolute Gasteiger partial charge is 0.315 e. The highest BCUT2D eigenvalue weighted by atomic mass is 16.6. The molecule has 0 aliphatic carbocycles. The summed E-state index contributed by atoms with van der Waals surface area (Å²) in [5.41, 5.74) is 0.0818. The number of hydrogen-bond donors (Lipinski definition) is 3. The molecule has 0 saturated carbocycles. The Morgan fingerprint density at radius 1 is 1.31 bits per heavy atom. The highest BCUT2D eigenvalue weighted by molar-refractivity contribution is 6.13. The predicted octanol–water partition coefficient (Wildman–Crippen LogP) is 2.67. The summed E-state index contributed by atoms with van der Waals surface area (Å²) in [4.78, 5) is 29.4. The van der Waals surface area contributed by atoms with Crippen LogP contribution in [0, 0.1) is 21.4 Å². The summed E-state index contributed by atoms with van der Waals surface area (Å²) in [5, 5.41) is 39.3. The minimum absolute atomic E-state index is 0.00742. The number of para-hydroxylation sites is 2. The molecule has 3 rings (SSSR count). The number of aromatic hydroxyl groups is 2. The van der Waals surface area contributed by atoms with Gasteiger partial charge in [-0.3, -0.25) is 14.9 Å². The predicted molar refractivity (Wildman–Crippen MR) is 90.4 cm³/mol. The van der Waals surface area contributed by atoms with Gasteiger partial charge in [-0.05, 0) is 29.8 Å². The van der Waals surface area contributed by atoms with Crippen LogP contribution in [0.15, 0.2) is 42.0 Å². The van der Waals surface area contributed by atoms with Crippen molar-refractivity contribution in [1.82, 2.24) is 9.97 Å². The van der Waals surface area contributed by atoms with E-state index in [0.29, 0.717) is 11.0 Å². The van der Waals surface area contributed by atoms with E-state index in [4.69, 9.17) is 0 Å². The number of hydrogen-bond acceptors (Lipinski definition) is 7. The summed E-state index contributed by atoms with van der Waals surface area (Å²) in [5.74, 6) is -2.40. The number of rotatable bonds is 4. The van der Waals surface area contributed by atoms with Crippen LogP contribution in [0.3, 0.4) is 0 Å². The number of aromatic amines is 1. The summed E-state index contributed by atoms with van der Waals surface area (Å²) < 4.78 is 0. The number of nitrogens with one attached hydrogen (secondary N) is 1. The molecule has 3 aromatic rings. The molecule has 0 spiro atoms. The van der Waals surface area contributed by atoms with Gasteiger partial charge in [-0.15, -0.1) is 0 Å². The first kappa shape index (κ1) is 16.7. The molecule has 0 unspecified atom stereocenters. The molecule has 0 aliphatic heterocycles. The molecule has 0 aliphatic rings. The number of H-pyrrole nitrogens is 1. The lowest BCUT2D eigenvalue weighted by molar-refractivity contribution is -0.386. The Morgan fingerprint density at radius 3 is 2.69 bits per heavy atom. The zero-order valence-corrected chi connectivity index (χ0v) is 13.0. The van der Waals surface area contributed by atoms with Crippen molar-refractivity contribution in [2.24, 2.45) is 0 Å². The van der Waals surface area contributed by atoms with Crippen molar-refractivity contribution in [2.45, 2.75) is 0 Å². The number of phenolic OH excluding ortho intramolecular Hbond substituents is 2. The number of carbonyl (C=O) groups is 1. The third-order valence-electron chi connectivity index (χ3n) is 3.57. The Morgan fingerprint density at radius 2 is 2.04 bits per heavy atom. The van der Waals surface area contributed by atoms with Crippen LogP contribution in [-0.4, -0.2) is 30.9 Å². The van der Waals surface area contributed by atoms with Gasteiger partial charge in [0.25, 0.3) is 0 Å². The molecule has 0 saturated heterocycles. The van der Waals surface area contributed by atoms with Crippen molar-refractivity contribution < 1.29 is 19.9 Å². The standard InChI is InChI=1S/C17H10N4O5/c18-8-10(5-9-6-13(21(25)26)16(24)14(22)7-9)15(23)17-19-11-3-1-2-4-12(11)20-17/h1-7,22,24H,(H,19,20)/b10-5+. The molecule has 0 amide bonds. The van der Waals surface area contributed by atoms with Gasteiger partial charge in [-0.1, -0.05) is 12.1 Å². The molecule has 0 radical (unpaired) electrons. The van der Waals surface area contributed by atoms with E-state index in [2.05, 4.69) is 9.97 Å². The molecule has 0 atom stereocenters. The van der Waals surface area contributed by atoms with Crippen LogP contribution in [0.4, 0.5) is 5.69 Å². The molecule has 1 heterocycles. The maximum absolute atomic E-state index is 12.5. The molecule has 0 fully saturated rings. The van der Waals surface area contributed by atoms with Crippen molar-refractivity contribution in [3.8, 4) is 17.6 Å². The van der Waals surface area contributed by atoms with Crippen LogP contribution in [0.1, 0.15) is 16.2 Å². The lowest BCUT2D eigenvalue weighted by atomic mass is 10.1. The van der Waals surface area contributed by atoms with E-state index in [0.717, 1.165) is 18.2 Å². The van der Waals surface area contributed by atoms with Crippen LogP contribution in [0.5, 0.6) is 11.5 Å². The second kappa shape index (κ2) is 6.37. The molecule has 26 heavy (non-hydrogen) atoms. The normalized spacial score (nSPS) is 11.3. The zero-order chi connectivity index (χ0) is 18.8. The number of imidazole rings is 1. The van der Waals surface area contributed by atoms with Crippen molar-refractivity contribution in [2.75, 3.05) is 0 Å². The van der Waals surface area contributed by atoms with Crippen LogP contribution >= 0.6 is 0 Å². The Kier molecular flexibility index (Phi) is 4.08. The van der Waals surface area contributed by atoms with Gasteiger partial charge in [0.15, 0.2) is 11.6 Å². The van der Waals surface area contributed by atoms with Crippen LogP contribution in [0.25, 0.3) is 17.1 Å². The highest BCUT2D eigenvalue weighted by Crippen LogP contribution is 2.36. The quantitative estimate of drug-likeness (QED) is 0.163. The van der Waals surface area contributed by atoms with Crippen LogP contribution in [-0.2, 0) is 0 Å². The van der Waals surface area contributed by atoms with Gasteiger partial charge >= 0.3 is 5.69 Å².